The highest BCUT2D eigenvalue weighted by Gasteiger charge is 2.16. The number of hydrogen-bond donors (Lipinski definition) is 0. The monoisotopic (exact) mass is 275 g/mol. The van der Waals surface area contributed by atoms with E-state index in [1.165, 1.54) is 0 Å². The molecule has 1 fully saturated rings. The molecule has 0 spiro atoms. The molecule has 1 aromatic carbocycles. The third kappa shape index (κ3) is 2.76. The average Bonchev–Trinajstić information content (AvgIpc) is 2.89. The fourth-order valence-corrected chi connectivity index (χ4v) is 3.28. The Morgan fingerprint density at radius 2 is 2.05 bits per heavy atom. The van der Waals surface area contributed by atoms with Gasteiger partial charge in [0.25, 0.3) is 0 Å². The predicted molar refractivity (Wildman–Crippen MR) is 78.3 cm³/mol. The maximum Gasteiger partial charge on any atom is 0.224 e. The smallest absolute Gasteiger partial charge is 0.224 e. The number of carbonyl (C=O) groups excluding carboxylic acids is 1. The average molecular weight is 275 g/mol. The van der Waals surface area contributed by atoms with Crippen LogP contribution in [0.3, 0.4) is 0 Å². The van der Waals surface area contributed by atoms with Gasteiger partial charge in [-0.1, -0.05) is 18.2 Å². The van der Waals surface area contributed by atoms with Crippen molar-refractivity contribution in [1.29, 1.82) is 0 Å². The largest absolute Gasteiger partial charge is 0.341 e. The van der Waals surface area contributed by atoms with Crippen LogP contribution in [0.2, 0.25) is 0 Å². The highest BCUT2D eigenvalue weighted by molar-refractivity contribution is 7.99. The Morgan fingerprint density at radius 3 is 2.89 bits per heavy atom. The molecule has 19 heavy (non-hydrogen) atoms. The number of carbonyl (C=O) groups is 1. The van der Waals surface area contributed by atoms with E-state index in [-0.39, 0.29) is 5.91 Å². The van der Waals surface area contributed by atoms with E-state index in [2.05, 4.69) is 5.10 Å². The minimum absolute atomic E-state index is 0.250. The van der Waals surface area contributed by atoms with E-state index in [4.69, 9.17) is 0 Å². The molecule has 0 atom stereocenters. The first-order chi connectivity index (χ1) is 9.34. The SMILES string of the molecule is O=C(CCn1ncc2ccccc21)N1CCSCC1. The van der Waals surface area contributed by atoms with Crippen molar-refractivity contribution >= 4 is 28.6 Å². The first kappa shape index (κ1) is 12.5. The molecular formula is C14H17N3OS. The summed E-state index contributed by atoms with van der Waals surface area (Å²) in [4.78, 5) is 14.1. The molecule has 1 amide bonds. The van der Waals surface area contributed by atoms with Gasteiger partial charge in [0.1, 0.15) is 0 Å². The van der Waals surface area contributed by atoms with Gasteiger partial charge in [-0.2, -0.15) is 16.9 Å². The van der Waals surface area contributed by atoms with Crippen molar-refractivity contribution in [2.45, 2.75) is 13.0 Å². The molecule has 3 rings (SSSR count). The summed E-state index contributed by atoms with van der Waals surface area (Å²) < 4.78 is 1.92. The Balaban J connectivity index is 1.64. The molecule has 0 N–H and O–H groups in total. The van der Waals surface area contributed by atoms with Gasteiger partial charge in [0.2, 0.25) is 5.91 Å². The van der Waals surface area contributed by atoms with E-state index in [1.807, 2.05) is 51.8 Å². The lowest BCUT2D eigenvalue weighted by Gasteiger charge is -2.26. The number of aromatic nitrogens is 2. The number of amides is 1. The molecule has 1 aliphatic heterocycles. The Bertz CT molecular complexity index is 575. The van der Waals surface area contributed by atoms with Crippen LogP contribution in [0.5, 0.6) is 0 Å². The Kier molecular flexibility index (Phi) is 3.73. The lowest BCUT2D eigenvalue weighted by molar-refractivity contribution is -0.131. The Hall–Kier alpha value is -1.49. The van der Waals surface area contributed by atoms with Crippen molar-refractivity contribution in [2.75, 3.05) is 24.6 Å². The molecule has 1 aliphatic rings. The van der Waals surface area contributed by atoms with Crippen LogP contribution >= 0.6 is 11.8 Å². The number of para-hydroxylation sites is 1. The van der Waals surface area contributed by atoms with Crippen molar-refractivity contribution in [1.82, 2.24) is 14.7 Å². The summed E-state index contributed by atoms with van der Waals surface area (Å²) in [6, 6.07) is 8.10. The molecule has 0 bridgehead atoms. The predicted octanol–water partition coefficient (Wildman–Crippen LogP) is 2.00. The van der Waals surface area contributed by atoms with Crippen LogP contribution in [0.1, 0.15) is 6.42 Å². The lowest BCUT2D eigenvalue weighted by atomic mass is 10.2. The van der Waals surface area contributed by atoms with Gasteiger partial charge in [-0.25, -0.2) is 0 Å². The maximum atomic E-state index is 12.1. The summed E-state index contributed by atoms with van der Waals surface area (Å²) in [6.45, 7) is 2.45. The van der Waals surface area contributed by atoms with Gasteiger partial charge in [0.05, 0.1) is 18.3 Å². The van der Waals surface area contributed by atoms with Crippen LogP contribution in [0.4, 0.5) is 0 Å². The third-order valence-corrected chi connectivity index (χ3v) is 4.39. The first-order valence-electron chi connectivity index (χ1n) is 6.61. The highest BCUT2D eigenvalue weighted by Crippen LogP contribution is 2.14. The van der Waals surface area contributed by atoms with Gasteiger partial charge in [-0.3, -0.25) is 9.48 Å². The van der Waals surface area contributed by atoms with Gasteiger partial charge in [0, 0.05) is 36.4 Å². The van der Waals surface area contributed by atoms with Crippen LogP contribution < -0.4 is 0 Å². The zero-order valence-electron chi connectivity index (χ0n) is 10.8. The Morgan fingerprint density at radius 1 is 1.26 bits per heavy atom. The van der Waals surface area contributed by atoms with Gasteiger partial charge in [-0.05, 0) is 6.07 Å². The molecule has 2 heterocycles. The topological polar surface area (TPSA) is 38.1 Å². The first-order valence-corrected chi connectivity index (χ1v) is 7.76. The zero-order valence-corrected chi connectivity index (χ0v) is 11.6. The molecule has 5 heteroatoms. The molecule has 2 aromatic rings. The van der Waals surface area contributed by atoms with Crippen molar-refractivity contribution in [3.63, 3.8) is 0 Å². The van der Waals surface area contributed by atoms with Gasteiger partial charge < -0.3 is 4.90 Å². The molecule has 0 radical (unpaired) electrons. The molecule has 100 valence electrons. The number of fused-ring (bicyclic) bond motifs is 1. The number of aryl methyl sites for hydroxylation is 1. The highest BCUT2D eigenvalue weighted by atomic mass is 32.2. The van der Waals surface area contributed by atoms with Crippen LogP contribution in [0.25, 0.3) is 10.9 Å². The summed E-state index contributed by atoms with van der Waals surface area (Å²) in [5.41, 5.74) is 1.10. The second-order valence-corrected chi connectivity index (χ2v) is 5.89. The standard InChI is InChI=1S/C14H17N3OS/c18-14(16-7-9-19-10-8-16)5-6-17-13-4-2-1-3-12(13)11-15-17/h1-4,11H,5-10H2. The van der Waals surface area contributed by atoms with Crippen molar-refractivity contribution < 1.29 is 4.79 Å². The maximum absolute atomic E-state index is 12.1. The van der Waals surface area contributed by atoms with Gasteiger partial charge in [0.15, 0.2) is 0 Å². The number of thioether (sulfide) groups is 1. The van der Waals surface area contributed by atoms with Crippen molar-refractivity contribution in [2.24, 2.45) is 0 Å². The number of hydrogen-bond acceptors (Lipinski definition) is 3. The van der Waals surface area contributed by atoms with E-state index in [1.54, 1.807) is 0 Å². The summed E-state index contributed by atoms with van der Waals surface area (Å²) in [5, 5.41) is 5.48. The minimum Gasteiger partial charge on any atom is -0.341 e. The number of rotatable bonds is 3. The van der Waals surface area contributed by atoms with Crippen LogP contribution in [-0.2, 0) is 11.3 Å². The van der Waals surface area contributed by atoms with E-state index >= 15 is 0 Å². The molecule has 0 unspecified atom stereocenters. The van der Waals surface area contributed by atoms with Crippen LogP contribution in [0, 0.1) is 0 Å². The van der Waals surface area contributed by atoms with Crippen molar-refractivity contribution in [3.05, 3.63) is 30.5 Å². The van der Waals surface area contributed by atoms with Crippen LogP contribution in [-0.4, -0.2) is 45.2 Å². The van der Waals surface area contributed by atoms with E-state index in [9.17, 15) is 4.79 Å². The molecular weight excluding hydrogens is 258 g/mol. The fraction of sp³-hybridized carbons (Fsp3) is 0.429. The lowest BCUT2D eigenvalue weighted by Crippen LogP contribution is -2.38. The molecule has 0 aliphatic carbocycles. The molecule has 1 aromatic heterocycles. The second-order valence-electron chi connectivity index (χ2n) is 4.67. The van der Waals surface area contributed by atoms with Crippen LogP contribution in [0.15, 0.2) is 30.5 Å². The van der Waals surface area contributed by atoms with E-state index < -0.39 is 0 Å². The number of benzene rings is 1. The third-order valence-electron chi connectivity index (χ3n) is 3.45. The van der Waals surface area contributed by atoms with Gasteiger partial charge in [-0.15, -0.1) is 0 Å². The summed E-state index contributed by atoms with van der Waals surface area (Å²) in [6.07, 6.45) is 2.40. The summed E-state index contributed by atoms with van der Waals surface area (Å²) >= 11 is 1.92. The quantitative estimate of drug-likeness (QED) is 0.860. The zero-order chi connectivity index (χ0) is 13.1. The van der Waals surface area contributed by atoms with E-state index in [0.29, 0.717) is 13.0 Å². The summed E-state index contributed by atoms with van der Waals surface area (Å²) in [5.74, 6) is 2.38. The van der Waals surface area contributed by atoms with Gasteiger partial charge >= 0.3 is 0 Å². The normalized spacial score (nSPS) is 15.9. The minimum atomic E-state index is 0.250. The molecule has 1 saturated heterocycles. The fourth-order valence-electron chi connectivity index (χ4n) is 2.38. The van der Waals surface area contributed by atoms with Crippen molar-refractivity contribution in [3.8, 4) is 0 Å². The number of nitrogens with zero attached hydrogens (tertiary/aromatic N) is 3. The Labute approximate surface area is 116 Å². The van der Waals surface area contributed by atoms with E-state index in [0.717, 1.165) is 35.5 Å². The molecule has 0 saturated carbocycles. The summed E-state index contributed by atoms with van der Waals surface area (Å²) in [7, 11) is 0. The molecule has 4 nitrogen and oxygen atoms in total. The second kappa shape index (κ2) is 5.65.